The third kappa shape index (κ3) is 2.87. The van der Waals surface area contributed by atoms with E-state index in [0.29, 0.717) is 23.0 Å². The van der Waals surface area contributed by atoms with Crippen LogP contribution in [-0.2, 0) is 0 Å². The molecule has 0 amide bonds. The molecule has 0 fully saturated rings. The van der Waals surface area contributed by atoms with Crippen LogP contribution >= 0.6 is 0 Å². The van der Waals surface area contributed by atoms with E-state index in [1.807, 2.05) is 30.3 Å². The second kappa shape index (κ2) is 7.31. The van der Waals surface area contributed by atoms with Crippen LogP contribution in [-0.4, -0.2) is 28.4 Å². The summed E-state index contributed by atoms with van der Waals surface area (Å²) in [6, 6.07) is 20.6. The molecule has 0 heterocycles. The Labute approximate surface area is 164 Å². The van der Waals surface area contributed by atoms with E-state index in [2.05, 4.69) is 30.3 Å². The third-order valence-corrected chi connectivity index (χ3v) is 5.04. The summed E-state index contributed by atoms with van der Waals surface area (Å²) in [4.78, 5) is 0. The summed E-state index contributed by atoms with van der Waals surface area (Å²) in [5, 5.41) is 4.49. The molecule has 4 nitrogen and oxygen atoms in total. The maximum atomic E-state index is 5.56. The summed E-state index contributed by atoms with van der Waals surface area (Å²) < 4.78 is 22.0. The van der Waals surface area contributed by atoms with Crippen molar-refractivity contribution in [1.82, 2.24) is 0 Å². The van der Waals surface area contributed by atoms with Crippen molar-refractivity contribution in [3.8, 4) is 34.1 Å². The molecular weight excluding hydrogens is 352 g/mol. The van der Waals surface area contributed by atoms with E-state index >= 15 is 0 Å². The van der Waals surface area contributed by atoms with E-state index in [0.717, 1.165) is 32.7 Å². The number of benzene rings is 4. The van der Waals surface area contributed by atoms with Gasteiger partial charge in [0.25, 0.3) is 0 Å². The molecule has 0 unspecified atom stereocenters. The summed E-state index contributed by atoms with van der Waals surface area (Å²) >= 11 is 0. The lowest BCUT2D eigenvalue weighted by molar-refractivity contribution is 0.355. The Kier molecular flexibility index (Phi) is 4.70. The number of ether oxygens (including phenoxy) is 4. The Balaban J connectivity index is 2.12. The quantitative estimate of drug-likeness (QED) is 0.420. The molecule has 0 radical (unpaired) electrons. The zero-order valence-corrected chi connectivity index (χ0v) is 16.4. The maximum absolute atomic E-state index is 5.56. The van der Waals surface area contributed by atoms with Crippen LogP contribution in [0.5, 0.6) is 23.0 Å². The predicted molar refractivity (Wildman–Crippen MR) is 113 cm³/mol. The van der Waals surface area contributed by atoms with Crippen LogP contribution in [0.4, 0.5) is 0 Å². The Morgan fingerprint density at radius 3 is 1.86 bits per heavy atom. The van der Waals surface area contributed by atoms with Crippen molar-refractivity contribution in [2.45, 2.75) is 0 Å². The minimum Gasteiger partial charge on any atom is -0.493 e. The Bertz CT molecular complexity index is 1160. The number of hydrogen-bond donors (Lipinski definition) is 0. The number of fused-ring (bicyclic) bond motifs is 2. The lowest BCUT2D eigenvalue weighted by Gasteiger charge is -2.16. The van der Waals surface area contributed by atoms with Crippen LogP contribution in [0.15, 0.2) is 60.7 Å². The van der Waals surface area contributed by atoms with Crippen molar-refractivity contribution in [1.29, 1.82) is 0 Å². The van der Waals surface area contributed by atoms with Gasteiger partial charge < -0.3 is 18.9 Å². The lowest BCUT2D eigenvalue weighted by atomic mass is 9.91. The molecule has 0 spiro atoms. The average Bonchev–Trinajstić information content (AvgIpc) is 2.75. The molecule has 0 aliphatic heterocycles. The van der Waals surface area contributed by atoms with E-state index in [-0.39, 0.29) is 0 Å². The van der Waals surface area contributed by atoms with E-state index < -0.39 is 0 Å². The molecular formula is C24H22O4. The molecule has 142 valence electrons. The summed E-state index contributed by atoms with van der Waals surface area (Å²) in [6.07, 6.45) is 0. The van der Waals surface area contributed by atoms with Crippen molar-refractivity contribution < 1.29 is 18.9 Å². The topological polar surface area (TPSA) is 36.9 Å². The summed E-state index contributed by atoms with van der Waals surface area (Å²) in [7, 11) is 6.60. The fourth-order valence-corrected chi connectivity index (χ4v) is 3.70. The molecule has 28 heavy (non-hydrogen) atoms. The summed E-state index contributed by atoms with van der Waals surface area (Å²) in [5.74, 6) is 2.81. The molecule has 0 N–H and O–H groups in total. The Hall–Kier alpha value is -3.40. The third-order valence-electron chi connectivity index (χ3n) is 5.04. The van der Waals surface area contributed by atoms with Crippen LogP contribution in [0.25, 0.3) is 32.7 Å². The lowest BCUT2D eigenvalue weighted by Crippen LogP contribution is -1.94. The number of rotatable bonds is 5. The zero-order chi connectivity index (χ0) is 19.7. The van der Waals surface area contributed by atoms with E-state index in [1.54, 1.807) is 28.4 Å². The van der Waals surface area contributed by atoms with Crippen LogP contribution in [0.2, 0.25) is 0 Å². The highest BCUT2D eigenvalue weighted by Crippen LogP contribution is 2.43. The Morgan fingerprint density at radius 2 is 1.14 bits per heavy atom. The van der Waals surface area contributed by atoms with E-state index in [9.17, 15) is 0 Å². The Morgan fingerprint density at radius 1 is 0.500 bits per heavy atom. The van der Waals surface area contributed by atoms with Crippen molar-refractivity contribution >= 4 is 21.5 Å². The minimum atomic E-state index is 0.696. The normalized spacial score (nSPS) is 10.9. The predicted octanol–water partition coefficient (Wildman–Crippen LogP) is 5.69. The first-order valence-corrected chi connectivity index (χ1v) is 9.00. The van der Waals surface area contributed by atoms with Crippen molar-refractivity contribution in [3.05, 3.63) is 60.7 Å². The molecule has 4 heteroatoms. The van der Waals surface area contributed by atoms with Gasteiger partial charge in [0.2, 0.25) is 0 Å². The number of methoxy groups -OCH3 is 4. The van der Waals surface area contributed by atoms with Gasteiger partial charge in [-0.2, -0.15) is 0 Å². The molecule has 4 rings (SSSR count). The van der Waals surface area contributed by atoms with E-state index in [4.69, 9.17) is 18.9 Å². The maximum Gasteiger partial charge on any atom is 0.161 e. The van der Waals surface area contributed by atoms with Crippen molar-refractivity contribution in [2.75, 3.05) is 28.4 Å². The van der Waals surface area contributed by atoms with Gasteiger partial charge >= 0.3 is 0 Å². The van der Waals surface area contributed by atoms with Crippen LogP contribution in [0, 0.1) is 0 Å². The van der Waals surface area contributed by atoms with Gasteiger partial charge in [0, 0.05) is 0 Å². The fraction of sp³-hybridized carbons (Fsp3) is 0.167. The van der Waals surface area contributed by atoms with Gasteiger partial charge in [0.1, 0.15) is 0 Å². The van der Waals surface area contributed by atoms with Crippen LogP contribution < -0.4 is 18.9 Å². The molecule has 0 atom stereocenters. The highest BCUT2D eigenvalue weighted by molar-refractivity contribution is 6.13. The SMILES string of the molecule is COc1ccc(-c2c3ccccc3cc3cc(OC)c(OC)cc23)cc1OC. The fourth-order valence-electron chi connectivity index (χ4n) is 3.70. The van der Waals surface area contributed by atoms with E-state index in [1.165, 1.54) is 0 Å². The first-order valence-electron chi connectivity index (χ1n) is 9.00. The largest absolute Gasteiger partial charge is 0.493 e. The van der Waals surface area contributed by atoms with Gasteiger partial charge in [-0.1, -0.05) is 30.3 Å². The zero-order valence-electron chi connectivity index (χ0n) is 16.4. The molecule has 0 saturated carbocycles. The molecule has 0 aromatic heterocycles. The van der Waals surface area contributed by atoms with Crippen molar-refractivity contribution in [3.63, 3.8) is 0 Å². The van der Waals surface area contributed by atoms with Gasteiger partial charge in [-0.25, -0.2) is 0 Å². The van der Waals surface area contributed by atoms with Crippen LogP contribution in [0.1, 0.15) is 0 Å². The van der Waals surface area contributed by atoms with Gasteiger partial charge in [0.05, 0.1) is 28.4 Å². The highest BCUT2D eigenvalue weighted by atomic mass is 16.5. The average molecular weight is 374 g/mol. The first-order chi connectivity index (χ1) is 13.7. The monoisotopic (exact) mass is 374 g/mol. The second-order valence-electron chi connectivity index (χ2n) is 6.47. The van der Waals surface area contributed by atoms with Gasteiger partial charge in [-0.05, 0) is 63.0 Å². The van der Waals surface area contributed by atoms with Crippen molar-refractivity contribution in [2.24, 2.45) is 0 Å². The number of hydrogen-bond acceptors (Lipinski definition) is 4. The summed E-state index contributed by atoms with van der Waals surface area (Å²) in [6.45, 7) is 0. The molecule has 4 aromatic carbocycles. The minimum absolute atomic E-state index is 0.696. The molecule has 0 bridgehead atoms. The molecule has 4 aromatic rings. The standard InChI is InChI=1S/C24H22O4/c1-25-20-10-9-16(12-21(20)26-2)24-18-8-6-5-7-15(18)11-17-13-22(27-3)23(28-4)14-19(17)24/h5-14H,1-4H3. The van der Waals surface area contributed by atoms with Gasteiger partial charge in [0.15, 0.2) is 23.0 Å². The van der Waals surface area contributed by atoms with Gasteiger partial charge in [-0.15, -0.1) is 0 Å². The first kappa shape index (κ1) is 18.0. The molecule has 0 aliphatic rings. The van der Waals surface area contributed by atoms with Crippen LogP contribution in [0.3, 0.4) is 0 Å². The smallest absolute Gasteiger partial charge is 0.161 e. The van der Waals surface area contributed by atoms with Gasteiger partial charge in [-0.3, -0.25) is 0 Å². The summed E-state index contributed by atoms with van der Waals surface area (Å²) in [5.41, 5.74) is 2.17. The molecule has 0 saturated heterocycles. The second-order valence-corrected chi connectivity index (χ2v) is 6.47. The highest BCUT2D eigenvalue weighted by Gasteiger charge is 2.15. The molecule has 0 aliphatic carbocycles.